The molecule has 0 bridgehead atoms. The van der Waals surface area contributed by atoms with Gasteiger partial charge < -0.3 is 9.67 Å². The number of aliphatic hydroxyl groups excluding tert-OH is 1. The van der Waals surface area contributed by atoms with Crippen LogP contribution in [0.2, 0.25) is 5.02 Å². The van der Waals surface area contributed by atoms with E-state index < -0.39 is 6.23 Å². The predicted molar refractivity (Wildman–Crippen MR) is 93.1 cm³/mol. The predicted octanol–water partition coefficient (Wildman–Crippen LogP) is 4.74. The second kappa shape index (κ2) is 6.19. The molecule has 1 aromatic heterocycles. The van der Waals surface area contributed by atoms with E-state index in [4.69, 9.17) is 11.6 Å². The SMILES string of the molecule is CCC(O)n1c(C)c(C(=O)c2ccccc2)c2cc(Cl)ccc21. The summed E-state index contributed by atoms with van der Waals surface area (Å²) in [5.74, 6) is -0.0579. The van der Waals surface area contributed by atoms with Gasteiger partial charge in [-0.1, -0.05) is 48.9 Å². The molecule has 0 radical (unpaired) electrons. The summed E-state index contributed by atoms with van der Waals surface area (Å²) in [6.45, 7) is 3.77. The fraction of sp³-hybridized carbons (Fsp3) is 0.211. The Hall–Kier alpha value is -2.10. The van der Waals surface area contributed by atoms with E-state index in [9.17, 15) is 9.90 Å². The van der Waals surface area contributed by atoms with Crippen LogP contribution >= 0.6 is 11.6 Å². The highest BCUT2D eigenvalue weighted by Crippen LogP contribution is 2.32. The van der Waals surface area contributed by atoms with Crippen molar-refractivity contribution in [2.45, 2.75) is 26.5 Å². The minimum absolute atomic E-state index is 0.0579. The van der Waals surface area contributed by atoms with Crippen LogP contribution < -0.4 is 0 Å². The first-order valence-electron chi connectivity index (χ1n) is 7.62. The average Bonchev–Trinajstić information content (AvgIpc) is 2.85. The summed E-state index contributed by atoms with van der Waals surface area (Å²) < 4.78 is 1.81. The van der Waals surface area contributed by atoms with Gasteiger partial charge in [0.1, 0.15) is 6.23 Å². The number of nitrogens with zero attached hydrogens (tertiary/aromatic N) is 1. The first-order chi connectivity index (χ1) is 11.0. The highest BCUT2D eigenvalue weighted by molar-refractivity contribution is 6.31. The molecule has 0 fully saturated rings. The molecule has 1 N–H and O–H groups in total. The molecule has 1 heterocycles. The zero-order valence-electron chi connectivity index (χ0n) is 13.1. The molecule has 4 heteroatoms. The van der Waals surface area contributed by atoms with Crippen LogP contribution in [-0.4, -0.2) is 15.5 Å². The summed E-state index contributed by atoms with van der Waals surface area (Å²) in [4.78, 5) is 13.0. The van der Waals surface area contributed by atoms with Crippen LogP contribution in [0.4, 0.5) is 0 Å². The second-order valence-corrected chi connectivity index (χ2v) is 6.01. The van der Waals surface area contributed by atoms with E-state index in [0.717, 1.165) is 16.6 Å². The number of hydrogen-bond donors (Lipinski definition) is 1. The van der Waals surface area contributed by atoms with E-state index in [2.05, 4.69) is 0 Å². The molecule has 3 aromatic rings. The van der Waals surface area contributed by atoms with Crippen LogP contribution in [0.1, 0.15) is 41.2 Å². The van der Waals surface area contributed by atoms with Gasteiger partial charge in [0.25, 0.3) is 0 Å². The molecule has 0 amide bonds. The van der Waals surface area contributed by atoms with Gasteiger partial charge >= 0.3 is 0 Å². The third-order valence-corrected chi connectivity index (χ3v) is 4.37. The number of fused-ring (bicyclic) bond motifs is 1. The molecule has 0 saturated heterocycles. The number of carbonyl (C=O) groups is 1. The van der Waals surface area contributed by atoms with Crippen molar-refractivity contribution in [1.82, 2.24) is 4.57 Å². The van der Waals surface area contributed by atoms with Crippen LogP contribution in [0.3, 0.4) is 0 Å². The fourth-order valence-electron chi connectivity index (χ4n) is 3.00. The Labute approximate surface area is 140 Å². The molecule has 1 atom stereocenters. The summed E-state index contributed by atoms with van der Waals surface area (Å²) in [6.07, 6.45) is -0.109. The summed E-state index contributed by atoms with van der Waals surface area (Å²) in [6, 6.07) is 14.6. The third-order valence-electron chi connectivity index (χ3n) is 4.14. The molecule has 0 spiro atoms. The molecule has 3 nitrogen and oxygen atoms in total. The Kier molecular flexibility index (Phi) is 4.24. The molecule has 0 aliphatic heterocycles. The molecule has 23 heavy (non-hydrogen) atoms. The van der Waals surface area contributed by atoms with Gasteiger partial charge in [0, 0.05) is 21.7 Å². The molecule has 0 saturated carbocycles. The van der Waals surface area contributed by atoms with Crippen molar-refractivity contribution >= 4 is 28.3 Å². The van der Waals surface area contributed by atoms with Gasteiger partial charge in [-0.15, -0.1) is 0 Å². The first-order valence-corrected chi connectivity index (χ1v) is 8.00. The fourth-order valence-corrected chi connectivity index (χ4v) is 3.17. The van der Waals surface area contributed by atoms with Gasteiger partial charge in [-0.05, 0) is 31.5 Å². The molecular formula is C19H18ClNO2. The number of aromatic nitrogens is 1. The van der Waals surface area contributed by atoms with Crippen molar-refractivity contribution in [3.05, 3.63) is 70.4 Å². The van der Waals surface area contributed by atoms with E-state index in [-0.39, 0.29) is 5.78 Å². The number of hydrogen-bond acceptors (Lipinski definition) is 2. The standard InChI is InChI=1S/C19H18ClNO2/c1-3-17(22)21-12(2)18(15-11-14(20)9-10-16(15)21)19(23)13-7-5-4-6-8-13/h4-11,17,22H,3H2,1-2H3. The summed E-state index contributed by atoms with van der Waals surface area (Å²) in [7, 11) is 0. The monoisotopic (exact) mass is 327 g/mol. The normalized spacial score (nSPS) is 12.5. The maximum atomic E-state index is 13.0. The number of benzene rings is 2. The van der Waals surface area contributed by atoms with Crippen LogP contribution in [0.15, 0.2) is 48.5 Å². The van der Waals surface area contributed by atoms with E-state index in [1.165, 1.54) is 0 Å². The van der Waals surface area contributed by atoms with Crippen LogP contribution in [0.25, 0.3) is 10.9 Å². The lowest BCUT2D eigenvalue weighted by molar-refractivity contribution is 0.100. The second-order valence-electron chi connectivity index (χ2n) is 5.58. The Morgan fingerprint density at radius 2 is 1.91 bits per heavy atom. The average molecular weight is 328 g/mol. The molecule has 1 unspecified atom stereocenters. The maximum absolute atomic E-state index is 13.0. The van der Waals surface area contributed by atoms with E-state index >= 15 is 0 Å². The molecular weight excluding hydrogens is 310 g/mol. The number of aliphatic hydroxyl groups is 1. The van der Waals surface area contributed by atoms with Crippen molar-refractivity contribution in [1.29, 1.82) is 0 Å². The van der Waals surface area contributed by atoms with Crippen molar-refractivity contribution < 1.29 is 9.90 Å². The van der Waals surface area contributed by atoms with Crippen molar-refractivity contribution in [3.63, 3.8) is 0 Å². The first kappa shape index (κ1) is 15.8. The van der Waals surface area contributed by atoms with Gasteiger partial charge in [-0.2, -0.15) is 0 Å². The van der Waals surface area contributed by atoms with Gasteiger partial charge in [0.2, 0.25) is 0 Å². The minimum atomic E-state index is -0.670. The molecule has 0 aliphatic rings. The van der Waals surface area contributed by atoms with E-state index in [0.29, 0.717) is 22.6 Å². The lowest BCUT2D eigenvalue weighted by Crippen LogP contribution is -2.10. The molecule has 2 aromatic carbocycles. The Morgan fingerprint density at radius 3 is 2.57 bits per heavy atom. The lowest BCUT2D eigenvalue weighted by atomic mass is 10.0. The number of rotatable bonds is 4. The molecule has 3 rings (SSSR count). The summed E-state index contributed by atoms with van der Waals surface area (Å²) in [5.41, 5.74) is 2.80. The number of halogens is 1. The number of ketones is 1. The maximum Gasteiger partial charge on any atom is 0.195 e. The van der Waals surface area contributed by atoms with E-state index in [1.807, 2.05) is 42.7 Å². The van der Waals surface area contributed by atoms with Gasteiger partial charge in [-0.25, -0.2) is 0 Å². The smallest absolute Gasteiger partial charge is 0.195 e. The zero-order chi connectivity index (χ0) is 16.6. The topological polar surface area (TPSA) is 42.2 Å². The van der Waals surface area contributed by atoms with Gasteiger partial charge in [0.15, 0.2) is 5.78 Å². The Balaban J connectivity index is 2.30. The van der Waals surface area contributed by atoms with Crippen LogP contribution in [-0.2, 0) is 0 Å². The highest BCUT2D eigenvalue weighted by Gasteiger charge is 2.23. The van der Waals surface area contributed by atoms with Crippen LogP contribution in [0, 0.1) is 6.92 Å². The van der Waals surface area contributed by atoms with Gasteiger partial charge in [0.05, 0.1) is 11.1 Å². The van der Waals surface area contributed by atoms with Gasteiger partial charge in [-0.3, -0.25) is 4.79 Å². The van der Waals surface area contributed by atoms with Crippen molar-refractivity contribution in [2.75, 3.05) is 0 Å². The van der Waals surface area contributed by atoms with Crippen LogP contribution in [0.5, 0.6) is 0 Å². The summed E-state index contributed by atoms with van der Waals surface area (Å²) in [5, 5.41) is 11.7. The van der Waals surface area contributed by atoms with E-state index in [1.54, 1.807) is 24.3 Å². The van der Waals surface area contributed by atoms with Crippen molar-refractivity contribution in [2.24, 2.45) is 0 Å². The largest absolute Gasteiger partial charge is 0.373 e. The van der Waals surface area contributed by atoms with Crippen molar-refractivity contribution in [3.8, 4) is 0 Å². The molecule has 118 valence electrons. The minimum Gasteiger partial charge on any atom is -0.373 e. The highest BCUT2D eigenvalue weighted by atomic mass is 35.5. The molecule has 0 aliphatic carbocycles. The quantitative estimate of drug-likeness (QED) is 0.703. The lowest BCUT2D eigenvalue weighted by Gasteiger charge is -2.14. The summed E-state index contributed by atoms with van der Waals surface area (Å²) >= 11 is 6.13. The third kappa shape index (κ3) is 2.67. The zero-order valence-corrected chi connectivity index (χ0v) is 13.8. The Morgan fingerprint density at radius 1 is 1.22 bits per heavy atom. The number of carbonyl (C=O) groups excluding carboxylic acids is 1. The Bertz CT molecular complexity index is 868.